The van der Waals surface area contributed by atoms with Crippen LogP contribution in [0.15, 0.2) is 12.1 Å². The van der Waals surface area contributed by atoms with Gasteiger partial charge in [0, 0.05) is 12.1 Å². The topological polar surface area (TPSA) is 29.5 Å². The van der Waals surface area contributed by atoms with Crippen molar-refractivity contribution in [3.63, 3.8) is 0 Å². The van der Waals surface area contributed by atoms with Gasteiger partial charge in [0.1, 0.15) is 11.4 Å². The Morgan fingerprint density at radius 2 is 2.00 bits per heavy atom. The minimum absolute atomic E-state index is 0.240. The Morgan fingerprint density at radius 1 is 1.33 bits per heavy atom. The maximum atomic E-state index is 13.7. The van der Waals surface area contributed by atoms with Crippen molar-refractivity contribution in [3.8, 4) is 0 Å². The van der Waals surface area contributed by atoms with E-state index in [0.717, 1.165) is 11.1 Å². The quantitative estimate of drug-likeness (QED) is 0.707. The van der Waals surface area contributed by atoms with Crippen LogP contribution in [0.1, 0.15) is 37.5 Å². The van der Waals surface area contributed by atoms with Crippen molar-refractivity contribution in [2.75, 3.05) is 0 Å². The van der Waals surface area contributed by atoms with Gasteiger partial charge in [0.05, 0.1) is 6.54 Å². The van der Waals surface area contributed by atoms with E-state index in [0.29, 0.717) is 12.1 Å². The van der Waals surface area contributed by atoms with Crippen LogP contribution < -0.4 is 0 Å². The zero-order valence-electron chi connectivity index (χ0n) is 11.2. The molecule has 1 aliphatic rings. The van der Waals surface area contributed by atoms with Crippen molar-refractivity contribution in [2.45, 2.75) is 46.4 Å². The molecule has 0 bridgehead atoms. The molecule has 0 saturated heterocycles. The zero-order valence-corrected chi connectivity index (χ0v) is 11.2. The molecule has 0 N–H and O–H groups in total. The molecule has 0 unspecified atom stereocenters. The standard InChI is InChI=1S/C14H18FNO2/c1-9-5-10-7-16(8-11(10)12(15)6-9)13(17)18-14(2,3)4/h5-6H,7-8H2,1-4H3. The number of halogens is 1. The Hall–Kier alpha value is -1.58. The van der Waals surface area contributed by atoms with E-state index in [1.54, 1.807) is 0 Å². The summed E-state index contributed by atoms with van der Waals surface area (Å²) >= 11 is 0. The first kappa shape index (κ1) is 12.9. The van der Waals surface area contributed by atoms with Crippen molar-refractivity contribution in [3.05, 3.63) is 34.6 Å². The molecule has 1 aliphatic heterocycles. The third kappa shape index (κ3) is 2.63. The van der Waals surface area contributed by atoms with E-state index in [4.69, 9.17) is 4.74 Å². The molecule has 3 nitrogen and oxygen atoms in total. The van der Waals surface area contributed by atoms with Crippen LogP contribution in [0.4, 0.5) is 9.18 Å². The predicted octanol–water partition coefficient (Wildman–Crippen LogP) is 3.38. The number of carbonyl (C=O) groups is 1. The van der Waals surface area contributed by atoms with Crippen LogP contribution in [0.2, 0.25) is 0 Å². The average Bonchev–Trinajstić information content (AvgIpc) is 2.58. The number of benzene rings is 1. The molecular weight excluding hydrogens is 233 g/mol. The van der Waals surface area contributed by atoms with Crippen molar-refractivity contribution >= 4 is 6.09 Å². The molecular formula is C14H18FNO2. The minimum atomic E-state index is -0.527. The first-order chi connectivity index (χ1) is 8.26. The van der Waals surface area contributed by atoms with Crippen LogP contribution in [-0.2, 0) is 17.8 Å². The fourth-order valence-corrected chi connectivity index (χ4v) is 2.07. The summed E-state index contributed by atoms with van der Waals surface area (Å²) in [6, 6.07) is 3.42. The van der Waals surface area contributed by atoms with Gasteiger partial charge in [-0.05, 0) is 44.9 Å². The molecule has 1 heterocycles. The molecule has 2 rings (SSSR count). The van der Waals surface area contributed by atoms with E-state index in [1.807, 2.05) is 33.8 Å². The van der Waals surface area contributed by atoms with Crippen LogP contribution in [0.5, 0.6) is 0 Å². The normalized spacial score (nSPS) is 14.6. The summed E-state index contributed by atoms with van der Waals surface area (Å²) in [5.74, 6) is -0.240. The van der Waals surface area contributed by atoms with Crippen LogP contribution in [0, 0.1) is 12.7 Å². The Labute approximate surface area is 107 Å². The van der Waals surface area contributed by atoms with Gasteiger partial charge in [-0.3, -0.25) is 4.90 Å². The second-order valence-corrected chi connectivity index (χ2v) is 5.72. The number of fused-ring (bicyclic) bond motifs is 1. The van der Waals surface area contributed by atoms with Gasteiger partial charge in [0.2, 0.25) is 0 Å². The Kier molecular flexibility index (Phi) is 3.05. The third-order valence-corrected chi connectivity index (χ3v) is 2.79. The Bertz CT molecular complexity index is 491. The summed E-state index contributed by atoms with van der Waals surface area (Å²) < 4.78 is 19.0. The van der Waals surface area contributed by atoms with Crippen molar-refractivity contribution in [1.82, 2.24) is 4.90 Å². The lowest BCUT2D eigenvalue weighted by Crippen LogP contribution is -2.33. The second kappa shape index (κ2) is 4.26. The molecule has 4 heteroatoms. The van der Waals surface area contributed by atoms with Gasteiger partial charge in [-0.2, -0.15) is 0 Å². The fourth-order valence-electron chi connectivity index (χ4n) is 2.07. The van der Waals surface area contributed by atoms with E-state index in [-0.39, 0.29) is 12.4 Å². The monoisotopic (exact) mass is 251 g/mol. The van der Waals surface area contributed by atoms with E-state index < -0.39 is 11.7 Å². The maximum Gasteiger partial charge on any atom is 0.410 e. The lowest BCUT2D eigenvalue weighted by molar-refractivity contribution is 0.0241. The summed E-state index contributed by atoms with van der Waals surface area (Å²) in [7, 11) is 0. The van der Waals surface area contributed by atoms with Crippen molar-refractivity contribution < 1.29 is 13.9 Å². The molecule has 1 aromatic rings. The molecule has 0 aromatic heterocycles. The highest BCUT2D eigenvalue weighted by molar-refractivity contribution is 5.69. The Morgan fingerprint density at radius 3 is 2.61 bits per heavy atom. The summed E-state index contributed by atoms with van der Waals surface area (Å²) in [4.78, 5) is 13.4. The maximum absolute atomic E-state index is 13.7. The Balaban J connectivity index is 2.15. The number of hydrogen-bond acceptors (Lipinski definition) is 2. The first-order valence-corrected chi connectivity index (χ1v) is 6.02. The van der Waals surface area contributed by atoms with Crippen LogP contribution in [0.3, 0.4) is 0 Å². The lowest BCUT2D eigenvalue weighted by atomic mass is 10.1. The molecule has 0 fully saturated rings. The molecule has 0 radical (unpaired) electrons. The van der Waals surface area contributed by atoms with Crippen LogP contribution >= 0.6 is 0 Å². The van der Waals surface area contributed by atoms with E-state index >= 15 is 0 Å². The molecule has 0 saturated carbocycles. The first-order valence-electron chi connectivity index (χ1n) is 6.02. The molecule has 18 heavy (non-hydrogen) atoms. The second-order valence-electron chi connectivity index (χ2n) is 5.72. The summed E-state index contributed by atoms with van der Waals surface area (Å²) in [5, 5.41) is 0. The minimum Gasteiger partial charge on any atom is -0.444 e. The SMILES string of the molecule is Cc1cc(F)c2c(c1)CN(C(=O)OC(C)(C)C)C2. The number of ether oxygens (including phenoxy) is 1. The lowest BCUT2D eigenvalue weighted by Gasteiger charge is -2.24. The van der Waals surface area contributed by atoms with E-state index in [9.17, 15) is 9.18 Å². The van der Waals surface area contributed by atoms with Gasteiger partial charge < -0.3 is 4.74 Å². The highest BCUT2D eigenvalue weighted by Gasteiger charge is 2.29. The number of hydrogen-bond donors (Lipinski definition) is 0. The van der Waals surface area contributed by atoms with E-state index in [1.165, 1.54) is 11.0 Å². The van der Waals surface area contributed by atoms with Gasteiger partial charge in [-0.25, -0.2) is 9.18 Å². The molecule has 1 aromatic carbocycles. The van der Waals surface area contributed by atoms with Crippen LogP contribution in [-0.4, -0.2) is 16.6 Å². The highest BCUT2D eigenvalue weighted by atomic mass is 19.1. The molecule has 0 aliphatic carbocycles. The number of rotatable bonds is 0. The van der Waals surface area contributed by atoms with Gasteiger partial charge in [0.15, 0.2) is 0 Å². The van der Waals surface area contributed by atoms with Gasteiger partial charge >= 0.3 is 6.09 Å². The van der Waals surface area contributed by atoms with Crippen molar-refractivity contribution in [2.24, 2.45) is 0 Å². The van der Waals surface area contributed by atoms with E-state index in [2.05, 4.69) is 0 Å². The van der Waals surface area contributed by atoms with Crippen LogP contribution in [0.25, 0.3) is 0 Å². The summed E-state index contributed by atoms with van der Waals surface area (Å²) in [6.07, 6.45) is -0.393. The van der Waals surface area contributed by atoms with Gasteiger partial charge in [-0.15, -0.1) is 0 Å². The third-order valence-electron chi connectivity index (χ3n) is 2.79. The average molecular weight is 251 g/mol. The largest absolute Gasteiger partial charge is 0.444 e. The number of amides is 1. The predicted molar refractivity (Wildman–Crippen MR) is 66.6 cm³/mol. The van der Waals surface area contributed by atoms with Crippen molar-refractivity contribution in [1.29, 1.82) is 0 Å². The van der Waals surface area contributed by atoms with Gasteiger partial charge in [-0.1, -0.05) is 6.07 Å². The number of carbonyl (C=O) groups excluding carboxylic acids is 1. The smallest absolute Gasteiger partial charge is 0.410 e. The molecule has 0 atom stereocenters. The summed E-state index contributed by atoms with van der Waals surface area (Å²) in [6.45, 7) is 8.01. The zero-order chi connectivity index (χ0) is 13.5. The number of nitrogens with zero attached hydrogens (tertiary/aromatic N) is 1. The molecule has 1 amide bonds. The molecule has 0 spiro atoms. The fraction of sp³-hybridized carbons (Fsp3) is 0.500. The van der Waals surface area contributed by atoms with Gasteiger partial charge in [0.25, 0.3) is 0 Å². The number of aryl methyl sites for hydroxylation is 1. The molecule has 98 valence electrons. The summed E-state index contributed by atoms with van der Waals surface area (Å²) in [5.41, 5.74) is 1.82. The highest BCUT2D eigenvalue weighted by Crippen LogP contribution is 2.27.